The fraction of sp³-hybridized carbons (Fsp3) is 0. The van der Waals surface area contributed by atoms with Gasteiger partial charge < -0.3 is 10.3 Å². The van der Waals surface area contributed by atoms with E-state index in [0.717, 1.165) is 11.1 Å². The topological polar surface area (TPSA) is 52.8 Å². The first-order valence-electron chi connectivity index (χ1n) is 4.87. The summed E-state index contributed by atoms with van der Waals surface area (Å²) in [4.78, 5) is 0. The third kappa shape index (κ3) is 2.03. The summed E-state index contributed by atoms with van der Waals surface area (Å²) in [6.45, 7) is 0. The summed E-state index contributed by atoms with van der Waals surface area (Å²) in [5.74, 6) is 0.148. The molecule has 3 nitrogen and oxygen atoms in total. The fourth-order valence-corrected chi connectivity index (χ4v) is 1.60. The van der Waals surface area contributed by atoms with E-state index in [1.165, 1.54) is 6.21 Å². The fourth-order valence-electron chi connectivity index (χ4n) is 1.60. The van der Waals surface area contributed by atoms with Crippen LogP contribution in [0.15, 0.2) is 53.7 Å². The Kier molecular flexibility index (Phi) is 2.87. The first-order chi connectivity index (χ1) is 7.81. The highest BCUT2D eigenvalue weighted by atomic mass is 16.4. The molecule has 0 aliphatic carbocycles. The van der Waals surface area contributed by atoms with Crippen LogP contribution < -0.4 is 0 Å². The van der Waals surface area contributed by atoms with Crippen molar-refractivity contribution in [3.8, 4) is 16.9 Å². The summed E-state index contributed by atoms with van der Waals surface area (Å²) < 4.78 is 0. The van der Waals surface area contributed by atoms with Crippen molar-refractivity contribution in [3.63, 3.8) is 0 Å². The summed E-state index contributed by atoms with van der Waals surface area (Å²) in [7, 11) is 0. The number of phenols is 1. The number of rotatable bonds is 2. The molecule has 0 spiro atoms. The molecule has 2 aromatic rings. The van der Waals surface area contributed by atoms with E-state index in [1.54, 1.807) is 18.2 Å². The molecule has 0 amide bonds. The van der Waals surface area contributed by atoms with Crippen molar-refractivity contribution in [3.05, 3.63) is 54.1 Å². The lowest BCUT2D eigenvalue weighted by molar-refractivity contribution is 0.322. The Morgan fingerprint density at radius 2 is 1.75 bits per heavy atom. The number of nitrogens with zero attached hydrogens (tertiary/aromatic N) is 1. The lowest BCUT2D eigenvalue weighted by Gasteiger charge is -2.05. The standard InChI is InChI=1S/C13H11NO2/c15-12-6-7-13(11(8-12)9-14-16)10-4-2-1-3-5-10/h1-9,15-16H. The number of phenolic OH excluding ortho intramolecular Hbond substituents is 1. The Morgan fingerprint density at radius 3 is 2.44 bits per heavy atom. The van der Waals surface area contributed by atoms with Gasteiger partial charge in [-0.3, -0.25) is 0 Å². The lowest BCUT2D eigenvalue weighted by Crippen LogP contribution is -1.87. The maximum absolute atomic E-state index is 9.37. The first-order valence-corrected chi connectivity index (χ1v) is 4.87. The van der Waals surface area contributed by atoms with Gasteiger partial charge in [-0.05, 0) is 23.3 Å². The monoisotopic (exact) mass is 213 g/mol. The van der Waals surface area contributed by atoms with Crippen LogP contribution in [0.5, 0.6) is 5.75 Å². The van der Waals surface area contributed by atoms with Crippen LogP contribution in [0.2, 0.25) is 0 Å². The van der Waals surface area contributed by atoms with Crippen molar-refractivity contribution in [2.45, 2.75) is 0 Å². The number of hydrogen-bond acceptors (Lipinski definition) is 3. The van der Waals surface area contributed by atoms with Crippen LogP contribution in [-0.4, -0.2) is 16.5 Å². The molecule has 3 heteroatoms. The molecule has 2 aromatic carbocycles. The van der Waals surface area contributed by atoms with Gasteiger partial charge in [0.1, 0.15) is 5.75 Å². The van der Waals surface area contributed by atoms with Crippen LogP contribution >= 0.6 is 0 Å². The SMILES string of the molecule is ON=Cc1cc(O)ccc1-c1ccccc1. The minimum Gasteiger partial charge on any atom is -0.508 e. The second-order valence-corrected chi connectivity index (χ2v) is 3.38. The minimum atomic E-state index is 0.148. The van der Waals surface area contributed by atoms with Crippen LogP contribution in [-0.2, 0) is 0 Å². The normalized spacial score (nSPS) is 10.8. The summed E-state index contributed by atoms with van der Waals surface area (Å²) in [6, 6.07) is 14.7. The Labute approximate surface area is 93.3 Å². The summed E-state index contributed by atoms with van der Waals surface area (Å²) in [6.07, 6.45) is 1.31. The Morgan fingerprint density at radius 1 is 1.00 bits per heavy atom. The summed E-state index contributed by atoms with van der Waals surface area (Å²) >= 11 is 0. The Bertz CT molecular complexity index is 507. The molecule has 0 heterocycles. The van der Waals surface area contributed by atoms with E-state index in [1.807, 2.05) is 30.3 Å². The highest BCUT2D eigenvalue weighted by Gasteiger charge is 2.04. The summed E-state index contributed by atoms with van der Waals surface area (Å²) in [5, 5.41) is 20.9. The molecule has 0 aliphatic rings. The van der Waals surface area contributed by atoms with Crippen molar-refractivity contribution in [1.82, 2.24) is 0 Å². The van der Waals surface area contributed by atoms with Crippen molar-refractivity contribution < 1.29 is 10.3 Å². The molecular formula is C13H11NO2. The Hall–Kier alpha value is -2.29. The van der Waals surface area contributed by atoms with Gasteiger partial charge in [-0.2, -0.15) is 0 Å². The molecular weight excluding hydrogens is 202 g/mol. The van der Waals surface area contributed by atoms with Crippen LogP contribution in [0.3, 0.4) is 0 Å². The molecule has 0 atom stereocenters. The smallest absolute Gasteiger partial charge is 0.116 e. The Balaban J connectivity index is 2.56. The largest absolute Gasteiger partial charge is 0.508 e. The van der Waals surface area contributed by atoms with E-state index in [2.05, 4.69) is 5.16 Å². The molecule has 0 aromatic heterocycles. The van der Waals surface area contributed by atoms with Gasteiger partial charge in [0.15, 0.2) is 0 Å². The van der Waals surface area contributed by atoms with E-state index in [4.69, 9.17) is 5.21 Å². The van der Waals surface area contributed by atoms with Crippen LogP contribution in [0, 0.1) is 0 Å². The predicted molar refractivity (Wildman–Crippen MR) is 62.9 cm³/mol. The maximum atomic E-state index is 9.37. The van der Waals surface area contributed by atoms with Gasteiger partial charge in [0.25, 0.3) is 0 Å². The molecule has 2 N–H and O–H groups in total. The van der Waals surface area contributed by atoms with E-state index in [9.17, 15) is 5.11 Å². The van der Waals surface area contributed by atoms with E-state index >= 15 is 0 Å². The van der Waals surface area contributed by atoms with Gasteiger partial charge in [0, 0.05) is 5.56 Å². The molecule has 0 aliphatic heterocycles. The molecule has 0 unspecified atom stereocenters. The zero-order valence-corrected chi connectivity index (χ0v) is 8.54. The number of benzene rings is 2. The number of hydrogen-bond donors (Lipinski definition) is 2. The molecule has 16 heavy (non-hydrogen) atoms. The molecule has 0 radical (unpaired) electrons. The van der Waals surface area contributed by atoms with Crippen molar-refractivity contribution in [2.24, 2.45) is 5.16 Å². The predicted octanol–water partition coefficient (Wildman–Crippen LogP) is 2.87. The quantitative estimate of drug-likeness (QED) is 0.458. The van der Waals surface area contributed by atoms with E-state index in [-0.39, 0.29) is 5.75 Å². The van der Waals surface area contributed by atoms with Crippen molar-refractivity contribution >= 4 is 6.21 Å². The van der Waals surface area contributed by atoms with Gasteiger partial charge in [0.2, 0.25) is 0 Å². The van der Waals surface area contributed by atoms with Gasteiger partial charge in [-0.25, -0.2) is 0 Å². The number of aromatic hydroxyl groups is 1. The zero-order valence-electron chi connectivity index (χ0n) is 8.54. The van der Waals surface area contributed by atoms with Gasteiger partial charge in [-0.1, -0.05) is 41.6 Å². The zero-order chi connectivity index (χ0) is 11.4. The third-order valence-corrected chi connectivity index (χ3v) is 2.32. The average molecular weight is 213 g/mol. The molecule has 80 valence electrons. The molecule has 0 saturated carbocycles. The highest BCUT2D eigenvalue weighted by molar-refractivity contribution is 5.90. The first kappa shape index (κ1) is 10.2. The second-order valence-electron chi connectivity index (χ2n) is 3.38. The lowest BCUT2D eigenvalue weighted by atomic mass is 10.0. The van der Waals surface area contributed by atoms with Crippen LogP contribution in [0.1, 0.15) is 5.56 Å². The van der Waals surface area contributed by atoms with Gasteiger partial charge in [0.05, 0.1) is 6.21 Å². The third-order valence-electron chi connectivity index (χ3n) is 2.32. The van der Waals surface area contributed by atoms with Crippen molar-refractivity contribution in [2.75, 3.05) is 0 Å². The molecule has 2 rings (SSSR count). The average Bonchev–Trinajstić information content (AvgIpc) is 2.31. The molecule has 0 fully saturated rings. The number of oxime groups is 1. The van der Waals surface area contributed by atoms with E-state index in [0.29, 0.717) is 5.56 Å². The summed E-state index contributed by atoms with van der Waals surface area (Å²) in [5.41, 5.74) is 2.60. The minimum absolute atomic E-state index is 0.148. The van der Waals surface area contributed by atoms with Crippen LogP contribution in [0.4, 0.5) is 0 Å². The van der Waals surface area contributed by atoms with Gasteiger partial charge in [-0.15, -0.1) is 0 Å². The maximum Gasteiger partial charge on any atom is 0.116 e. The van der Waals surface area contributed by atoms with Crippen LogP contribution in [0.25, 0.3) is 11.1 Å². The van der Waals surface area contributed by atoms with Crippen molar-refractivity contribution in [1.29, 1.82) is 0 Å². The molecule has 0 saturated heterocycles. The highest BCUT2D eigenvalue weighted by Crippen LogP contribution is 2.25. The van der Waals surface area contributed by atoms with E-state index < -0.39 is 0 Å². The second kappa shape index (κ2) is 4.49. The van der Waals surface area contributed by atoms with Gasteiger partial charge >= 0.3 is 0 Å². The molecule has 0 bridgehead atoms.